The van der Waals surface area contributed by atoms with Crippen molar-refractivity contribution in [1.82, 2.24) is 5.32 Å². The summed E-state index contributed by atoms with van der Waals surface area (Å²) in [6, 6.07) is 0. The van der Waals surface area contributed by atoms with Gasteiger partial charge in [0, 0.05) is 13.2 Å². The molecule has 1 amide bonds. The molecule has 0 saturated heterocycles. The number of carbonyl (C=O) groups excluding carboxylic acids is 1. The van der Waals surface area contributed by atoms with Crippen LogP contribution >= 0.6 is 0 Å². The molecule has 0 aliphatic carbocycles. The third kappa shape index (κ3) is 35.6. The minimum absolute atomic E-state index is 0.0666. The van der Waals surface area contributed by atoms with Crippen LogP contribution in [0, 0.1) is 0 Å². The summed E-state index contributed by atoms with van der Waals surface area (Å²) in [5.41, 5.74) is 0. The Morgan fingerprint density at radius 3 is 1.14 bits per heavy atom. The molecule has 43 heavy (non-hydrogen) atoms. The van der Waals surface area contributed by atoms with Crippen LogP contribution in [0.15, 0.2) is 0 Å². The molecule has 0 radical (unpaired) electrons. The Bertz CT molecular complexity index is 539. The molecule has 1 N–H and O–H groups in total. The minimum atomic E-state index is -0.241. The first-order valence-electron chi connectivity index (χ1n) is 19.7. The molecular formula is C39H79NO3. The maximum atomic E-state index is 12.5. The molecule has 258 valence electrons. The fourth-order valence-electron chi connectivity index (χ4n) is 5.99. The van der Waals surface area contributed by atoms with Crippen LogP contribution in [0.3, 0.4) is 0 Å². The average Bonchev–Trinajstić information content (AvgIpc) is 2.99. The number of hydrogen-bond acceptors (Lipinski definition) is 3. The van der Waals surface area contributed by atoms with Gasteiger partial charge in [0.15, 0.2) is 0 Å². The second kappa shape index (κ2) is 35.7. The highest BCUT2D eigenvalue weighted by Gasteiger charge is 2.14. The molecule has 0 aliphatic rings. The van der Waals surface area contributed by atoms with Crippen molar-refractivity contribution in [2.24, 2.45) is 0 Å². The molecule has 0 aromatic heterocycles. The maximum Gasteiger partial charge on any atom is 0.407 e. The Kier molecular flexibility index (Phi) is 35.1. The van der Waals surface area contributed by atoms with Gasteiger partial charge in [-0.2, -0.15) is 0 Å². The maximum absolute atomic E-state index is 12.5. The Balaban J connectivity index is 3.99. The van der Waals surface area contributed by atoms with Crippen molar-refractivity contribution < 1.29 is 14.3 Å². The lowest BCUT2D eigenvalue weighted by Gasteiger charge is -2.18. The fraction of sp³-hybridized carbons (Fsp3) is 0.974. The van der Waals surface area contributed by atoms with Crippen LogP contribution in [-0.4, -0.2) is 31.5 Å². The standard InChI is InChI=1S/C39H79NO3/c1-5-7-9-11-13-15-17-19-21-23-25-27-29-31-34-38(43-39(41)40-35-32-36-42-37(3)4)33-30-28-26-24-22-20-18-16-14-12-10-8-6-2/h37-38H,5-36H2,1-4H3,(H,40,41). The van der Waals surface area contributed by atoms with E-state index in [0.29, 0.717) is 13.2 Å². The highest BCUT2D eigenvalue weighted by Crippen LogP contribution is 2.18. The Morgan fingerprint density at radius 1 is 0.488 bits per heavy atom. The molecule has 0 aromatic carbocycles. The van der Waals surface area contributed by atoms with Crippen molar-refractivity contribution in [2.45, 2.75) is 233 Å². The summed E-state index contributed by atoms with van der Waals surface area (Å²) in [5, 5.41) is 2.95. The fourth-order valence-corrected chi connectivity index (χ4v) is 5.99. The molecule has 0 saturated carbocycles. The van der Waals surface area contributed by atoms with Crippen molar-refractivity contribution in [1.29, 1.82) is 0 Å². The van der Waals surface area contributed by atoms with Crippen LogP contribution in [0.1, 0.15) is 220 Å². The third-order valence-corrected chi connectivity index (χ3v) is 8.82. The first-order valence-corrected chi connectivity index (χ1v) is 19.7. The Hall–Kier alpha value is -0.770. The van der Waals surface area contributed by atoms with Crippen LogP contribution in [0.5, 0.6) is 0 Å². The number of rotatable bonds is 35. The van der Waals surface area contributed by atoms with Crippen molar-refractivity contribution in [3.63, 3.8) is 0 Å². The molecule has 0 heterocycles. The number of ether oxygens (including phenoxy) is 2. The van der Waals surface area contributed by atoms with Gasteiger partial charge < -0.3 is 14.8 Å². The zero-order valence-corrected chi connectivity index (χ0v) is 30.0. The second-order valence-electron chi connectivity index (χ2n) is 13.6. The number of unbranched alkanes of at least 4 members (excludes halogenated alkanes) is 25. The largest absolute Gasteiger partial charge is 0.446 e. The van der Waals surface area contributed by atoms with Gasteiger partial charge in [-0.1, -0.05) is 174 Å². The van der Waals surface area contributed by atoms with Gasteiger partial charge in [0.2, 0.25) is 0 Å². The summed E-state index contributed by atoms with van der Waals surface area (Å²) < 4.78 is 11.5. The van der Waals surface area contributed by atoms with Gasteiger partial charge in [-0.3, -0.25) is 0 Å². The minimum Gasteiger partial charge on any atom is -0.446 e. The first-order chi connectivity index (χ1) is 21.1. The number of nitrogens with one attached hydrogen (secondary N) is 1. The van der Waals surface area contributed by atoms with E-state index in [0.717, 1.165) is 19.3 Å². The number of alkyl carbamates (subject to hydrolysis) is 1. The highest BCUT2D eigenvalue weighted by atomic mass is 16.6. The average molecular weight is 610 g/mol. The molecule has 0 aromatic rings. The lowest BCUT2D eigenvalue weighted by atomic mass is 10.0. The van der Waals surface area contributed by atoms with E-state index in [9.17, 15) is 4.79 Å². The van der Waals surface area contributed by atoms with E-state index in [-0.39, 0.29) is 18.3 Å². The van der Waals surface area contributed by atoms with Crippen LogP contribution in [0.2, 0.25) is 0 Å². The zero-order valence-electron chi connectivity index (χ0n) is 30.0. The van der Waals surface area contributed by atoms with Crippen LogP contribution in [-0.2, 0) is 9.47 Å². The summed E-state index contributed by atoms with van der Waals surface area (Å²) in [7, 11) is 0. The van der Waals surface area contributed by atoms with Crippen molar-refractivity contribution in [3.8, 4) is 0 Å². The molecular weight excluding hydrogens is 530 g/mol. The predicted octanol–water partition coefficient (Wildman–Crippen LogP) is 13.2. The molecule has 4 nitrogen and oxygen atoms in total. The zero-order chi connectivity index (χ0) is 31.5. The van der Waals surface area contributed by atoms with Crippen molar-refractivity contribution in [3.05, 3.63) is 0 Å². The van der Waals surface area contributed by atoms with E-state index in [2.05, 4.69) is 19.2 Å². The van der Waals surface area contributed by atoms with Gasteiger partial charge >= 0.3 is 6.09 Å². The van der Waals surface area contributed by atoms with Crippen LogP contribution < -0.4 is 5.32 Å². The summed E-state index contributed by atoms with van der Waals surface area (Å²) >= 11 is 0. The van der Waals surface area contributed by atoms with Gasteiger partial charge in [0.05, 0.1) is 6.10 Å². The first kappa shape index (κ1) is 42.2. The third-order valence-electron chi connectivity index (χ3n) is 8.82. The summed E-state index contributed by atoms with van der Waals surface area (Å²) in [6.07, 6.45) is 40.0. The lowest BCUT2D eigenvalue weighted by molar-refractivity contribution is 0.0720. The van der Waals surface area contributed by atoms with Gasteiger partial charge in [0.1, 0.15) is 6.10 Å². The SMILES string of the molecule is CCCCCCCCCCCCCCCCC(CCCCCCCCCCCCCCC)OC(=O)NCCCOC(C)C. The topological polar surface area (TPSA) is 47.6 Å². The van der Waals surface area contributed by atoms with Gasteiger partial charge in [-0.25, -0.2) is 4.79 Å². The molecule has 0 aliphatic heterocycles. The molecule has 0 spiro atoms. The van der Waals surface area contributed by atoms with E-state index in [1.165, 1.54) is 173 Å². The molecule has 0 bridgehead atoms. The number of amides is 1. The van der Waals surface area contributed by atoms with E-state index in [1.54, 1.807) is 0 Å². The molecule has 1 atom stereocenters. The van der Waals surface area contributed by atoms with E-state index < -0.39 is 0 Å². The number of carbonyl (C=O) groups is 1. The van der Waals surface area contributed by atoms with E-state index in [4.69, 9.17) is 9.47 Å². The summed E-state index contributed by atoms with van der Waals surface area (Å²) in [6.45, 7) is 9.97. The van der Waals surface area contributed by atoms with Gasteiger partial charge in [0.25, 0.3) is 0 Å². The van der Waals surface area contributed by atoms with Gasteiger partial charge in [-0.05, 0) is 46.0 Å². The second-order valence-corrected chi connectivity index (χ2v) is 13.6. The predicted molar refractivity (Wildman–Crippen MR) is 189 cm³/mol. The Labute approximate surface area is 271 Å². The molecule has 1 unspecified atom stereocenters. The van der Waals surface area contributed by atoms with Crippen molar-refractivity contribution >= 4 is 6.09 Å². The quantitative estimate of drug-likeness (QED) is 0.0727. The van der Waals surface area contributed by atoms with Gasteiger partial charge in [-0.15, -0.1) is 0 Å². The molecule has 0 rings (SSSR count). The monoisotopic (exact) mass is 610 g/mol. The van der Waals surface area contributed by atoms with Crippen LogP contribution in [0.4, 0.5) is 4.79 Å². The molecule has 0 fully saturated rings. The van der Waals surface area contributed by atoms with Crippen molar-refractivity contribution in [2.75, 3.05) is 13.2 Å². The smallest absolute Gasteiger partial charge is 0.407 e. The summed E-state index contributed by atoms with van der Waals surface area (Å²) in [5.74, 6) is 0. The lowest BCUT2D eigenvalue weighted by Crippen LogP contribution is -2.30. The highest BCUT2D eigenvalue weighted by molar-refractivity contribution is 5.67. The van der Waals surface area contributed by atoms with Crippen LogP contribution in [0.25, 0.3) is 0 Å². The molecule has 4 heteroatoms. The number of hydrogen-bond donors (Lipinski definition) is 1. The normalized spacial score (nSPS) is 12.2. The van der Waals surface area contributed by atoms with E-state index >= 15 is 0 Å². The summed E-state index contributed by atoms with van der Waals surface area (Å²) in [4.78, 5) is 12.5. The van der Waals surface area contributed by atoms with E-state index in [1.807, 2.05) is 13.8 Å². The Morgan fingerprint density at radius 2 is 0.814 bits per heavy atom.